The van der Waals surface area contributed by atoms with Crippen molar-refractivity contribution in [1.29, 1.82) is 0 Å². The van der Waals surface area contributed by atoms with E-state index in [0.29, 0.717) is 5.56 Å². The number of ether oxygens (including phenoxy) is 5. The number of carbonyl (C=O) groups is 1. The predicted molar refractivity (Wildman–Crippen MR) is 128 cm³/mol. The van der Waals surface area contributed by atoms with Gasteiger partial charge in [-0.15, -0.1) is 6.58 Å². The number of phenols is 1. The quantitative estimate of drug-likeness (QED) is 0.0781. The van der Waals surface area contributed by atoms with Crippen molar-refractivity contribution < 1.29 is 64.2 Å². The van der Waals surface area contributed by atoms with Crippen molar-refractivity contribution in [1.82, 2.24) is 0 Å². The highest BCUT2D eigenvalue weighted by Gasteiger charge is 2.52. The van der Waals surface area contributed by atoms with Crippen LogP contribution >= 0.6 is 0 Å². The number of rotatable bonds is 10. The van der Waals surface area contributed by atoms with Crippen molar-refractivity contribution in [2.75, 3.05) is 6.61 Å². The first-order valence-electron chi connectivity index (χ1n) is 12.0. The Labute approximate surface area is 218 Å². The van der Waals surface area contributed by atoms with Crippen molar-refractivity contribution in [2.24, 2.45) is 0 Å². The lowest BCUT2D eigenvalue weighted by molar-refractivity contribution is -0.369. The maximum Gasteiger partial charge on any atom is 0.331 e. The molecule has 3 rings (SSSR count). The van der Waals surface area contributed by atoms with Crippen LogP contribution in [0.3, 0.4) is 0 Å². The third-order valence-corrected chi connectivity index (χ3v) is 6.11. The second-order valence-electron chi connectivity index (χ2n) is 8.94. The molecule has 1 aromatic rings. The average Bonchev–Trinajstić information content (AvgIpc) is 2.89. The predicted octanol–water partition coefficient (Wildman–Crippen LogP) is -1.48. The number of esters is 1. The van der Waals surface area contributed by atoms with Gasteiger partial charge >= 0.3 is 5.97 Å². The summed E-state index contributed by atoms with van der Waals surface area (Å²) in [5.74, 6) is -0.871. The lowest BCUT2D eigenvalue weighted by Crippen LogP contribution is -2.65. The molecule has 2 fully saturated rings. The molecular weight excluding hydrogens is 508 g/mol. The lowest BCUT2D eigenvalue weighted by Gasteiger charge is -2.46. The molecule has 212 valence electrons. The van der Waals surface area contributed by atoms with Crippen molar-refractivity contribution in [2.45, 2.75) is 81.0 Å². The van der Waals surface area contributed by atoms with E-state index in [1.807, 2.05) is 0 Å². The van der Waals surface area contributed by atoms with Gasteiger partial charge in [-0.05, 0) is 30.7 Å². The first-order chi connectivity index (χ1) is 18.0. The number of carbonyl (C=O) groups excluding carboxylic acids is 1. The maximum atomic E-state index is 12.6. The van der Waals surface area contributed by atoms with E-state index in [0.717, 1.165) is 6.08 Å². The molecule has 7 N–H and O–H groups in total. The molecule has 2 heterocycles. The molecule has 13 nitrogen and oxygen atoms in total. The summed E-state index contributed by atoms with van der Waals surface area (Å²) >= 11 is 0. The van der Waals surface area contributed by atoms with E-state index < -0.39 is 80.3 Å². The molecule has 2 aliphatic heterocycles. The number of aliphatic hydroxyl groups excluding tert-OH is 6. The smallest absolute Gasteiger partial charge is 0.331 e. The third kappa shape index (κ3) is 7.36. The summed E-state index contributed by atoms with van der Waals surface area (Å²) in [5, 5.41) is 70.9. The van der Waals surface area contributed by atoms with Crippen LogP contribution in [0, 0.1) is 0 Å². The van der Waals surface area contributed by atoms with Gasteiger partial charge in [-0.2, -0.15) is 0 Å². The zero-order valence-corrected chi connectivity index (χ0v) is 20.6. The average molecular weight is 543 g/mol. The normalized spacial score (nSPS) is 36.6. The minimum absolute atomic E-state index is 0.0194. The first kappa shape index (κ1) is 30.1. The Kier molecular flexibility index (Phi) is 10.8. The molecule has 2 saturated heterocycles. The van der Waals surface area contributed by atoms with E-state index in [-0.39, 0.29) is 12.2 Å². The Hall–Kier alpha value is -2.43. The molecular formula is C25H34O13. The van der Waals surface area contributed by atoms with Crippen LogP contribution in [0.2, 0.25) is 0 Å². The Morgan fingerprint density at radius 1 is 1.03 bits per heavy atom. The second-order valence-corrected chi connectivity index (χ2v) is 8.94. The van der Waals surface area contributed by atoms with E-state index in [9.17, 15) is 40.5 Å². The van der Waals surface area contributed by atoms with Gasteiger partial charge in [0.15, 0.2) is 25.0 Å². The zero-order chi connectivity index (χ0) is 28.0. The van der Waals surface area contributed by atoms with Gasteiger partial charge in [-0.25, -0.2) is 4.79 Å². The Bertz CT molecular complexity index is 938. The van der Waals surface area contributed by atoms with Gasteiger partial charge < -0.3 is 59.4 Å². The van der Waals surface area contributed by atoms with Crippen LogP contribution in [0.15, 0.2) is 43.0 Å². The number of hydrogen-bond donors (Lipinski definition) is 7. The maximum absolute atomic E-state index is 12.6. The molecule has 0 aromatic heterocycles. The summed E-state index contributed by atoms with van der Waals surface area (Å²) in [5.41, 5.74) is 0.566. The number of aliphatic hydroxyl groups is 6. The van der Waals surface area contributed by atoms with Crippen LogP contribution in [0.25, 0.3) is 6.08 Å². The lowest BCUT2D eigenvalue weighted by atomic mass is 9.97. The number of benzene rings is 1. The summed E-state index contributed by atoms with van der Waals surface area (Å²) in [6, 6.07) is 5.94. The van der Waals surface area contributed by atoms with Gasteiger partial charge in [0.25, 0.3) is 0 Å². The molecule has 13 heteroatoms. The second kappa shape index (κ2) is 13.6. The molecule has 0 aliphatic carbocycles. The first-order valence-corrected chi connectivity index (χ1v) is 12.0. The Morgan fingerprint density at radius 2 is 1.71 bits per heavy atom. The van der Waals surface area contributed by atoms with Crippen LogP contribution in [0.5, 0.6) is 5.75 Å². The molecule has 0 spiro atoms. The van der Waals surface area contributed by atoms with E-state index in [1.165, 1.54) is 31.2 Å². The van der Waals surface area contributed by atoms with Crippen molar-refractivity contribution in [3.05, 3.63) is 48.6 Å². The molecule has 0 saturated carbocycles. The minimum Gasteiger partial charge on any atom is -0.508 e. The van der Waals surface area contributed by atoms with E-state index >= 15 is 0 Å². The van der Waals surface area contributed by atoms with Crippen molar-refractivity contribution >= 4 is 12.0 Å². The van der Waals surface area contributed by atoms with Gasteiger partial charge in [0, 0.05) is 12.5 Å². The molecule has 0 bridgehead atoms. The van der Waals surface area contributed by atoms with Gasteiger partial charge in [-0.1, -0.05) is 18.2 Å². The minimum atomic E-state index is -1.75. The number of hydrogen-bond acceptors (Lipinski definition) is 13. The fraction of sp³-hybridized carbons (Fsp3) is 0.560. The van der Waals surface area contributed by atoms with Crippen molar-refractivity contribution in [3.63, 3.8) is 0 Å². The molecule has 1 aromatic carbocycles. The van der Waals surface area contributed by atoms with Crippen LogP contribution in [-0.4, -0.2) is 116 Å². The van der Waals surface area contributed by atoms with Crippen LogP contribution in [0.1, 0.15) is 18.9 Å². The molecule has 38 heavy (non-hydrogen) atoms. The summed E-state index contributed by atoms with van der Waals surface area (Å²) in [7, 11) is 0. The molecule has 2 aliphatic rings. The van der Waals surface area contributed by atoms with Gasteiger partial charge in [0.2, 0.25) is 0 Å². The fourth-order valence-corrected chi connectivity index (χ4v) is 4.01. The van der Waals surface area contributed by atoms with Crippen molar-refractivity contribution in [3.8, 4) is 5.75 Å². The number of aromatic hydroxyl groups is 1. The summed E-state index contributed by atoms with van der Waals surface area (Å²) < 4.78 is 27.5. The van der Waals surface area contributed by atoms with Crippen LogP contribution in [-0.2, 0) is 28.5 Å². The standard InChI is InChI=1S/C25H34O13/c1-3-4-16(28)37-25-21(33)23(38-24-20(32)19(31)18(30)12(2)34-24)22(15(11-26)35-25)36-17(29)10-7-13-5-8-14(27)9-6-13/h3,5-10,12,15-16,18-28,30-33H,1,4,11H2,2H3/b10-7+/t12?,15?,16?,18-,19?,20?,21?,22+,23?,24-,25-/m0/s1. The highest BCUT2D eigenvalue weighted by atomic mass is 16.8. The third-order valence-electron chi connectivity index (χ3n) is 6.11. The molecule has 11 atom stereocenters. The van der Waals surface area contributed by atoms with Gasteiger partial charge in [-0.3, -0.25) is 0 Å². The summed E-state index contributed by atoms with van der Waals surface area (Å²) in [6.45, 7) is 4.18. The van der Waals surface area contributed by atoms with Crippen LogP contribution < -0.4 is 0 Å². The molecule has 0 radical (unpaired) electrons. The molecule has 7 unspecified atom stereocenters. The Balaban J connectivity index is 1.84. The highest BCUT2D eigenvalue weighted by Crippen LogP contribution is 2.31. The molecule has 0 amide bonds. The Morgan fingerprint density at radius 3 is 2.34 bits per heavy atom. The van der Waals surface area contributed by atoms with Crippen LogP contribution in [0.4, 0.5) is 0 Å². The SMILES string of the molecule is C=CCC(O)O[C@@H]1OC(CO)[C@@H](OC(=O)/C=C/c2ccc(O)cc2)C(O[C@@H]2OC(C)[C@H](O)C(O)C2O)C1O. The van der Waals surface area contributed by atoms with E-state index in [4.69, 9.17) is 23.7 Å². The topological polar surface area (TPSA) is 205 Å². The zero-order valence-electron chi connectivity index (χ0n) is 20.6. The van der Waals surface area contributed by atoms with E-state index in [2.05, 4.69) is 6.58 Å². The van der Waals surface area contributed by atoms with E-state index in [1.54, 1.807) is 12.1 Å². The largest absolute Gasteiger partial charge is 0.508 e. The monoisotopic (exact) mass is 542 g/mol. The highest BCUT2D eigenvalue weighted by molar-refractivity contribution is 5.87. The summed E-state index contributed by atoms with van der Waals surface area (Å²) in [4.78, 5) is 12.6. The van der Waals surface area contributed by atoms with Gasteiger partial charge in [0.05, 0.1) is 12.7 Å². The van der Waals surface area contributed by atoms with Gasteiger partial charge in [0.1, 0.15) is 42.4 Å². The summed E-state index contributed by atoms with van der Waals surface area (Å²) in [6.07, 6.45) is -12.7. The number of phenolic OH excluding ortho intramolecular Hbond substituents is 1. The fourth-order valence-electron chi connectivity index (χ4n) is 4.01.